The van der Waals surface area contributed by atoms with E-state index in [9.17, 15) is 4.79 Å². The highest BCUT2D eigenvalue weighted by Gasteiger charge is 1.87. The van der Waals surface area contributed by atoms with Gasteiger partial charge in [-0.15, -0.1) is 0 Å². The van der Waals surface area contributed by atoms with Crippen molar-refractivity contribution in [1.29, 1.82) is 0 Å². The average molecular weight is 138 g/mol. The molecule has 0 radical (unpaired) electrons. The molecule has 0 rings (SSSR count). The highest BCUT2D eigenvalue weighted by Crippen LogP contribution is 1.96. The minimum atomic E-state index is -0.346. The Bertz CT molecular complexity index is 168. The van der Waals surface area contributed by atoms with Crippen molar-refractivity contribution in [2.24, 2.45) is 0 Å². The van der Waals surface area contributed by atoms with Crippen LogP contribution in [0, 0.1) is 0 Å². The third-order valence-electron chi connectivity index (χ3n) is 0.832. The third-order valence-corrected chi connectivity index (χ3v) is 0.832. The summed E-state index contributed by atoms with van der Waals surface area (Å²) in [6.07, 6.45) is 4.41. The lowest BCUT2D eigenvalue weighted by atomic mass is 10.3. The second kappa shape index (κ2) is 4.56. The molecule has 0 aliphatic rings. The van der Waals surface area contributed by atoms with Crippen LogP contribution in [0.4, 0.5) is 0 Å². The Kier molecular flexibility index (Phi) is 3.96. The van der Waals surface area contributed by atoms with Crippen molar-refractivity contribution in [3.8, 4) is 0 Å². The van der Waals surface area contributed by atoms with Crippen LogP contribution < -0.4 is 0 Å². The molecule has 0 aromatic carbocycles. The van der Waals surface area contributed by atoms with Gasteiger partial charge in [0, 0.05) is 12.5 Å². The molecule has 0 heterocycles. The van der Waals surface area contributed by atoms with Gasteiger partial charge in [-0.05, 0) is 0 Å². The molecule has 0 saturated heterocycles. The van der Waals surface area contributed by atoms with Crippen LogP contribution in [0.15, 0.2) is 37.1 Å². The lowest BCUT2D eigenvalue weighted by molar-refractivity contribution is -0.135. The van der Waals surface area contributed by atoms with Gasteiger partial charge in [0.15, 0.2) is 0 Å². The van der Waals surface area contributed by atoms with Crippen LogP contribution in [-0.2, 0) is 9.53 Å². The van der Waals surface area contributed by atoms with E-state index in [1.54, 1.807) is 12.2 Å². The molecule has 54 valence electrons. The Morgan fingerprint density at radius 1 is 1.40 bits per heavy atom. The predicted octanol–water partition coefficient (Wildman–Crippen LogP) is 1.81. The first-order valence-electron chi connectivity index (χ1n) is 2.83. The quantitative estimate of drug-likeness (QED) is 0.337. The van der Waals surface area contributed by atoms with Crippen molar-refractivity contribution < 1.29 is 9.53 Å². The highest BCUT2D eigenvalue weighted by molar-refractivity contribution is 5.66. The minimum Gasteiger partial charge on any atom is -0.434 e. The topological polar surface area (TPSA) is 26.3 Å². The Morgan fingerprint density at radius 3 is 2.20 bits per heavy atom. The summed E-state index contributed by atoms with van der Waals surface area (Å²) in [6.45, 7) is 8.29. The summed E-state index contributed by atoms with van der Waals surface area (Å²) in [5.41, 5.74) is 0.690. The lowest BCUT2D eigenvalue weighted by Gasteiger charge is -1.92. The molecule has 2 heteroatoms. The van der Waals surface area contributed by atoms with Crippen molar-refractivity contribution in [2.75, 3.05) is 0 Å². The number of rotatable bonds is 3. The lowest BCUT2D eigenvalue weighted by Crippen LogP contribution is -1.90. The van der Waals surface area contributed by atoms with Gasteiger partial charge in [-0.2, -0.15) is 0 Å². The molecule has 0 fully saturated rings. The fourth-order valence-electron chi connectivity index (χ4n) is 0.331. The summed E-state index contributed by atoms with van der Waals surface area (Å²) < 4.78 is 4.54. The Hall–Kier alpha value is -1.31. The smallest absolute Gasteiger partial charge is 0.307 e. The summed E-state index contributed by atoms with van der Waals surface area (Å²) in [4.78, 5) is 10.2. The molecule has 0 saturated carbocycles. The van der Waals surface area contributed by atoms with Crippen molar-refractivity contribution in [3.63, 3.8) is 0 Å². The van der Waals surface area contributed by atoms with Gasteiger partial charge in [-0.25, -0.2) is 0 Å². The van der Waals surface area contributed by atoms with E-state index in [0.717, 1.165) is 0 Å². The summed E-state index contributed by atoms with van der Waals surface area (Å²) in [7, 11) is 0. The summed E-state index contributed by atoms with van der Waals surface area (Å²) in [6, 6.07) is 0. The van der Waals surface area contributed by atoms with Gasteiger partial charge in [0.05, 0.1) is 0 Å². The number of carbonyl (C=O) groups excluding carboxylic acids is 1. The van der Waals surface area contributed by atoms with Crippen molar-refractivity contribution in [3.05, 3.63) is 37.1 Å². The molecule has 0 aliphatic carbocycles. The fraction of sp³-hybridized carbons (Fsp3) is 0.125. The van der Waals surface area contributed by atoms with Gasteiger partial charge in [0.25, 0.3) is 0 Å². The van der Waals surface area contributed by atoms with Crippen LogP contribution in [0.3, 0.4) is 0 Å². The second-order valence-corrected chi connectivity index (χ2v) is 1.64. The summed E-state index contributed by atoms with van der Waals surface area (Å²) >= 11 is 0. The molecule has 0 spiro atoms. The van der Waals surface area contributed by atoms with Gasteiger partial charge in [0.1, 0.15) is 6.26 Å². The average Bonchev–Trinajstić information content (AvgIpc) is 1.90. The number of hydrogen-bond acceptors (Lipinski definition) is 2. The maximum absolute atomic E-state index is 10.2. The molecule has 0 unspecified atom stereocenters. The van der Waals surface area contributed by atoms with Gasteiger partial charge in [0.2, 0.25) is 0 Å². The predicted molar refractivity (Wildman–Crippen MR) is 40.2 cm³/mol. The van der Waals surface area contributed by atoms with Crippen molar-refractivity contribution in [1.82, 2.24) is 0 Å². The molecule has 0 amide bonds. The van der Waals surface area contributed by atoms with Crippen molar-refractivity contribution >= 4 is 5.97 Å². The van der Waals surface area contributed by atoms with Gasteiger partial charge in [-0.3, -0.25) is 4.79 Å². The first-order valence-corrected chi connectivity index (χ1v) is 2.83. The van der Waals surface area contributed by atoms with E-state index in [4.69, 9.17) is 0 Å². The number of esters is 1. The van der Waals surface area contributed by atoms with E-state index in [0.29, 0.717) is 5.57 Å². The molecule has 0 aliphatic heterocycles. The molecule has 2 nitrogen and oxygen atoms in total. The number of hydrogen-bond donors (Lipinski definition) is 0. The zero-order valence-electron chi connectivity index (χ0n) is 5.96. The zero-order chi connectivity index (χ0) is 7.98. The van der Waals surface area contributed by atoms with Crippen molar-refractivity contribution in [2.45, 2.75) is 6.92 Å². The normalized spacial score (nSPS) is 7.70. The molecule has 0 atom stereocenters. The van der Waals surface area contributed by atoms with E-state index >= 15 is 0 Å². The van der Waals surface area contributed by atoms with Gasteiger partial charge >= 0.3 is 5.97 Å². The summed E-state index contributed by atoms with van der Waals surface area (Å²) in [5, 5.41) is 0. The molecule has 0 aromatic heterocycles. The van der Waals surface area contributed by atoms with E-state index in [-0.39, 0.29) is 5.97 Å². The molecule has 0 N–H and O–H groups in total. The van der Waals surface area contributed by atoms with Crippen LogP contribution in [-0.4, -0.2) is 5.97 Å². The fourth-order valence-corrected chi connectivity index (χ4v) is 0.331. The second-order valence-electron chi connectivity index (χ2n) is 1.64. The Labute approximate surface area is 60.5 Å². The first kappa shape index (κ1) is 8.69. The highest BCUT2D eigenvalue weighted by atomic mass is 16.5. The Balaban J connectivity index is 3.98. The first-order chi connectivity index (χ1) is 4.70. The maximum Gasteiger partial charge on any atom is 0.307 e. The van der Waals surface area contributed by atoms with Crippen LogP contribution in [0.1, 0.15) is 6.92 Å². The summed E-state index contributed by atoms with van der Waals surface area (Å²) in [5.74, 6) is -0.346. The molecule has 0 aromatic rings. The maximum atomic E-state index is 10.2. The van der Waals surface area contributed by atoms with E-state index in [1.807, 2.05) is 0 Å². The minimum absolute atomic E-state index is 0.346. The van der Waals surface area contributed by atoms with E-state index in [2.05, 4.69) is 17.9 Å². The molecular formula is C8H10O2. The third kappa shape index (κ3) is 3.66. The van der Waals surface area contributed by atoms with E-state index in [1.165, 1.54) is 13.2 Å². The molecular weight excluding hydrogens is 128 g/mol. The van der Waals surface area contributed by atoms with Gasteiger partial charge in [-0.1, -0.05) is 25.3 Å². The molecule has 10 heavy (non-hydrogen) atoms. The Morgan fingerprint density at radius 2 is 1.90 bits per heavy atom. The van der Waals surface area contributed by atoms with E-state index < -0.39 is 0 Å². The van der Waals surface area contributed by atoms with Crippen LogP contribution in [0.2, 0.25) is 0 Å². The number of ether oxygens (including phenoxy) is 1. The largest absolute Gasteiger partial charge is 0.434 e. The van der Waals surface area contributed by atoms with Crippen LogP contribution in [0.5, 0.6) is 0 Å². The number of carbonyl (C=O) groups is 1. The van der Waals surface area contributed by atoms with Crippen LogP contribution >= 0.6 is 0 Å². The van der Waals surface area contributed by atoms with Crippen LogP contribution in [0.25, 0.3) is 0 Å². The monoisotopic (exact) mass is 138 g/mol. The van der Waals surface area contributed by atoms with Gasteiger partial charge < -0.3 is 4.74 Å². The molecule has 0 bridgehead atoms. The number of allylic oxidation sites excluding steroid dienone is 3. The standard InChI is InChI=1S/C8H10O2/c1-4-8(5-2)6-10-7(3)9/h4-6H,1-2H2,3H3. The SMILES string of the molecule is C=CC(C=C)=COC(C)=O. The zero-order valence-corrected chi connectivity index (χ0v) is 5.96.